The van der Waals surface area contributed by atoms with Gasteiger partial charge in [0.15, 0.2) is 12.6 Å². The number of fused-ring (bicyclic) bond motifs is 13. The van der Waals surface area contributed by atoms with Crippen LogP contribution in [0.2, 0.25) is 0 Å². The lowest BCUT2D eigenvalue weighted by Gasteiger charge is -2.33. The molecule has 0 saturated carbocycles. The van der Waals surface area contributed by atoms with Crippen molar-refractivity contribution < 1.29 is 48.2 Å². The van der Waals surface area contributed by atoms with Gasteiger partial charge in [-0.2, -0.15) is 0 Å². The zero-order valence-corrected chi connectivity index (χ0v) is 31.7. The largest absolute Gasteiger partial charge is 0.484 e. The third-order valence-corrected chi connectivity index (χ3v) is 9.86. The van der Waals surface area contributed by atoms with Crippen LogP contribution in [-0.2, 0) is 44.8 Å². The van der Waals surface area contributed by atoms with Crippen LogP contribution in [0.5, 0.6) is 5.75 Å². The molecule has 3 aliphatic rings. The smallest absolute Gasteiger partial charge is 0.258 e. The van der Waals surface area contributed by atoms with Crippen LogP contribution in [0, 0.1) is 11.8 Å². The number of carbonyl (C=O) groups excluding carboxylic acids is 8. The molecule has 1 saturated heterocycles. The van der Waals surface area contributed by atoms with E-state index in [-0.39, 0.29) is 37.6 Å². The fourth-order valence-corrected chi connectivity index (χ4v) is 6.44. The number of carbonyl (C=O) groups is 8. The Morgan fingerprint density at radius 1 is 0.945 bits per heavy atom. The van der Waals surface area contributed by atoms with Gasteiger partial charge in [0.2, 0.25) is 35.4 Å². The topological polar surface area (TPSA) is 307 Å². The number of amides is 8. The molecular weight excluding hydrogens is 718 g/mol. The van der Waals surface area contributed by atoms with Gasteiger partial charge in [0.25, 0.3) is 11.8 Å². The van der Waals surface area contributed by atoms with E-state index in [0.717, 1.165) is 0 Å². The maximum Gasteiger partial charge on any atom is 0.258 e. The third kappa shape index (κ3) is 12.9. The molecule has 0 aliphatic carbocycles. The second-order valence-corrected chi connectivity index (χ2v) is 14.4. The standard InChI is InChI=1S/C36H55N9O10/c1-5-19(4)29(35(53)42-28(18(2)3)31(38)49)43-34(52)24-7-6-14-45(24)16-25(46)23-15-20-8-10-21(11-9-20)55-17-27(48)40-22(12-13-26(37)47)33(51)44-30(32(39)50)36(54)41-23/h8-11,18-19,22-25,28-30,46H,5-7,12-17H2,1-4H3,(H2,37,47)(H2,38,49)(H2,39,50)(H,40,48)(H,41,54)(H,42,53)(H,43,52)(H,44,51)/t19-,22-,23+,24-,25?,28-,29-,30-/m0/s1. The number of aliphatic hydroxyl groups is 1. The molecule has 12 N–H and O–H groups in total. The molecule has 19 heteroatoms. The van der Waals surface area contributed by atoms with Gasteiger partial charge in [0, 0.05) is 13.0 Å². The van der Waals surface area contributed by atoms with Gasteiger partial charge in [-0.1, -0.05) is 46.2 Å². The van der Waals surface area contributed by atoms with Crippen LogP contribution in [0.25, 0.3) is 0 Å². The van der Waals surface area contributed by atoms with Gasteiger partial charge >= 0.3 is 0 Å². The summed E-state index contributed by atoms with van der Waals surface area (Å²) >= 11 is 0. The predicted octanol–water partition coefficient (Wildman–Crippen LogP) is -3.19. The van der Waals surface area contributed by atoms with E-state index in [0.29, 0.717) is 37.1 Å². The summed E-state index contributed by atoms with van der Waals surface area (Å²) < 4.78 is 5.54. The van der Waals surface area contributed by atoms with E-state index in [1.807, 2.05) is 6.92 Å². The normalized spacial score (nSPS) is 23.3. The molecule has 1 unspecified atom stereocenters. The molecule has 4 rings (SSSR count). The van der Waals surface area contributed by atoms with Crippen molar-refractivity contribution in [1.29, 1.82) is 0 Å². The van der Waals surface area contributed by atoms with Gasteiger partial charge in [0.1, 0.15) is 23.9 Å². The zero-order chi connectivity index (χ0) is 41.0. The molecule has 304 valence electrons. The Balaban J connectivity index is 1.86. The Morgan fingerprint density at radius 3 is 2.20 bits per heavy atom. The number of hydrogen-bond acceptors (Lipinski definition) is 11. The molecule has 1 aromatic carbocycles. The first-order valence-corrected chi connectivity index (χ1v) is 18.4. The van der Waals surface area contributed by atoms with Crippen LogP contribution < -0.4 is 48.5 Å². The van der Waals surface area contributed by atoms with E-state index in [9.17, 15) is 43.5 Å². The van der Waals surface area contributed by atoms with Crippen LogP contribution in [0.15, 0.2) is 24.3 Å². The van der Waals surface area contributed by atoms with E-state index in [1.165, 1.54) is 0 Å². The predicted molar refractivity (Wildman–Crippen MR) is 197 cm³/mol. The first-order chi connectivity index (χ1) is 25.9. The summed E-state index contributed by atoms with van der Waals surface area (Å²) in [5.74, 6) is -6.75. The number of benzene rings is 1. The number of rotatable bonds is 15. The molecule has 1 fully saturated rings. The molecule has 8 atom stereocenters. The lowest BCUT2D eigenvalue weighted by atomic mass is 9.96. The van der Waals surface area contributed by atoms with Crippen LogP contribution in [0.3, 0.4) is 0 Å². The second kappa shape index (κ2) is 20.4. The summed E-state index contributed by atoms with van der Waals surface area (Å²) in [5.41, 5.74) is 16.9. The molecule has 19 nitrogen and oxygen atoms in total. The first-order valence-electron chi connectivity index (χ1n) is 18.4. The SMILES string of the molecule is CC[C@H](C)[C@H](NC(=O)[C@@H]1CCCN1CC(O)[C@H]1Cc2ccc(cc2)OCC(=O)N[C@@H](CCC(N)=O)C(=O)N[C@@H](C(N)=O)C(=O)N1)C(=O)N[C@H](C(N)=O)C(C)C. The molecule has 2 bridgehead atoms. The zero-order valence-electron chi connectivity index (χ0n) is 31.7. The fourth-order valence-electron chi connectivity index (χ4n) is 6.44. The fraction of sp³-hybridized carbons (Fsp3) is 0.611. The van der Waals surface area contributed by atoms with E-state index < -0.39 is 96.2 Å². The van der Waals surface area contributed by atoms with Crippen LogP contribution in [-0.4, -0.2) is 119 Å². The van der Waals surface area contributed by atoms with Crippen molar-refractivity contribution in [3.8, 4) is 5.75 Å². The van der Waals surface area contributed by atoms with Crippen molar-refractivity contribution in [2.24, 2.45) is 29.0 Å². The summed E-state index contributed by atoms with van der Waals surface area (Å²) in [6.07, 6.45) is -0.346. The molecule has 8 amide bonds. The van der Waals surface area contributed by atoms with Crippen LogP contribution in [0.1, 0.15) is 65.4 Å². The van der Waals surface area contributed by atoms with Gasteiger partial charge in [-0.05, 0) is 61.8 Å². The third-order valence-electron chi connectivity index (χ3n) is 9.86. The van der Waals surface area contributed by atoms with Gasteiger partial charge in [-0.15, -0.1) is 0 Å². The van der Waals surface area contributed by atoms with Gasteiger partial charge in [-0.25, -0.2) is 0 Å². The number of nitrogens with two attached hydrogens (primary N) is 3. The maximum atomic E-state index is 13.7. The molecule has 0 radical (unpaired) electrons. The molecular formula is C36H55N9O10. The van der Waals surface area contributed by atoms with Crippen molar-refractivity contribution in [3.63, 3.8) is 0 Å². The Hall–Kier alpha value is -5.30. The summed E-state index contributed by atoms with van der Waals surface area (Å²) in [4.78, 5) is 104. The second-order valence-electron chi connectivity index (χ2n) is 14.4. The van der Waals surface area contributed by atoms with Crippen molar-refractivity contribution >= 4 is 47.3 Å². The molecule has 0 spiro atoms. The lowest BCUT2D eigenvalue weighted by Crippen LogP contribution is -2.61. The number of likely N-dealkylation sites (tertiary alicyclic amines) is 1. The number of aliphatic hydroxyl groups excluding tert-OH is 1. The number of nitrogens with zero attached hydrogens (tertiary/aromatic N) is 1. The van der Waals surface area contributed by atoms with Gasteiger partial charge in [-0.3, -0.25) is 43.3 Å². The molecule has 55 heavy (non-hydrogen) atoms. The first kappa shape index (κ1) is 44.1. The monoisotopic (exact) mass is 773 g/mol. The minimum atomic E-state index is -1.94. The quantitative estimate of drug-likeness (QED) is 0.0632. The number of ether oxygens (including phenoxy) is 1. The van der Waals surface area contributed by atoms with Crippen LogP contribution in [0.4, 0.5) is 0 Å². The number of nitrogens with one attached hydrogen (secondary N) is 5. The highest BCUT2D eigenvalue weighted by atomic mass is 16.5. The Labute approximate surface area is 319 Å². The highest BCUT2D eigenvalue weighted by molar-refractivity contribution is 6.07. The van der Waals surface area contributed by atoms with Gasteiger partial charge < -0.3 is 53.6 Å². The van der Waals surface area contributed by atoms with E-state index in [2.05, 4.69) is 26.6 Å². The summed E-state index contributed by atoms with van der Waals surface area (Å²) in [6, 6.07) is -0.635. The van der Waals surface area contributed by atoms with Crippen molar-refractivity contribution in [2.75, 3.05) is 19.7 Å². The Bertz CT molecular complexity index is 1570. The average molecular weight is 774 g/mol. The molecule has 3 heterocycles. The number of primary amides is 3. The van der Waals surface area contributed by atoms with E-state index >= 15 is 0 Å². The minimum absolute atomic E-state index is 0.0200. The summed E-state index contributed by atoms with van der Waals surface area (Å²) in [7, 11) is 0. The minimum Gasteiger partial charge on any atom is -0.484 e. The van der Waals surface area contributed by atoms with E-state index in [1.54, 1.807) is 49.9 Å². The van der Waals surface area contributed by atoms with Gasteiger partial charge in [0.05, 0.1) is 18.2 Å². The van der Waals surface area contributed by atoms with Crippen molar-refractivity contribution in [2.45, 2.75) is 109 Å². The summed E-state index contributed by atoms with van der Waals surface area (Å²) in [6.45, 7) is 6.92. The Morgan fingerprint density at radius 2 is 1.62 bits per heavy atom. The Kier molecular flexibility index (Phi) is 16.4. The average Bonchev–Trinajstić information content (AvgIpc) is 3.59. The van der Waals surface area contributed by atoms with Crippen molar-refractivity contribution in [3.05, 3.63) is 29.8 Å². The summed E-state index contributed by atoms with van der Waals surface area (Å²) in [5, 5.41) is 24.4. The number of hydrogen-bond donors (Lipinski definition) is 9. The molecule has 3 aliphatic heterocycles. The maximum absolute atomic E-state index is 13.7. The lowest BCUT2D eigenvalue weighted by molar-refractivity contribution is -0.138. The van der Waals surface area contributed by atoms with E-state index in [4.69, 9.17) is 21.9 Å². The van der Waals surface area contributed by atoms with Crippen LogP contribution >= 0.6 is 0 Å². The highest BCUT2D eigenvalue weighted by Crippen LogP contribution is 2.21. The highest BCUT2D eigenvalue weighted by Gasteiger charge is 2.39. The van der Waals surface area contributed by atoms with Crippen molar-refractivity contribution in [1.82, 2.24) is 31.5 Å². The number of β-amino-alcohol motifs (C(OH)–C–C–N with tert-alkyl or cyclic N) is 1. The molecule has 1 aromatic rings. The molecule has 0 aromatic heterocycles.